The van der Waals surface area contributed by atoms with E-state index in [0.29, 0.717) is 26.1 Å². The smallest absolute Gasteiger partial charge is 0.236 e. The van der Waals surface area contributed by atoms with Crippen LogP contribution in [0.5, 0.6) is 0 Å². The number of amides is 4. The van der Waals surface area contributed by atoms with E-state index >= 15 is 0 Å². The molecule has 0 spiro atoms. The van der Waals surface area contributed by atoms with Gasteiger partial charge in [0.15, 0.2) is 0 Å². The van der Waals surface area contributed by atoms with Gasteiger partial charge in [0, 0.05) is 39.5 Å². The molecule has 2 aliphatic rings. The molecule has 0 aromatic heterocycles. The summed E-state index contributed by atoms with van der Waals surface area (Å²) in [5.74, 6) is -0.0124. The van der Waals surface area contributed by atoms with Gasteiger partial charge in [-0.05, 0) is 31.4 Å². The summed E-state index contributed by atoms with van der Waals surface area (Å²) < 4.78 is 0. The summed E-state index contributed by atoms with van der Waals surface area (Å²) >= 11 is 3.18. The molecular weight excluding hydrogens is 496 g/mol. The van der Waals surface area contributed by atoms with Crippen LogP contribution in [0.1, 0.15) is 74.7 Å². The van der Waals surface area contributed by atoms with Crippen LogP contribution in [0.3, 0.4) is 0 Å². The lowest BCUT2D eigenvalue weighted by Gasteiger charge is -2.26. The molecular formula is C26H38N4O4S2. The largest absolute Gasteiger partial charge is 0.359 e. The summed E-state index contributed by atoms with van der Waals surface area (Å²) in [5.41, 5.74) is 2.00. The third kappa shape index (κ3) is 6.97. The van der Waals surface area contributed by atoms with Crippen molar-refractivity contribution in [3.63, 3.8) is 0 Å². The fraction of sp³-hybridized carbons (Fsp3) is 0.615. The van der Waals surface area contributed by atoms with Crippen molar-refractivity contribution in [3.8, 4) is 0 Å². The number of rotatable bonds is 12. The Hall–Kier alpha value is -2.20. The minimum absolute atomic E-state index is 0.0218. The highest BCUT2D eigenvalue weighted by molar-refractivity contribution is 8.01. The predicted molar refractivity (Wildman–Crippen MR) is 145 cm³/mol. The van der Waals surface area contributed by atoms with Gasteiger partial charge in [-0.15, -0.1) is 23.5 Å². The van der Waals surface area contributed by atoms with Gasteiger partial charge in [-0.3, -0.25) is 19.2 Å². The lowest BCUT2D eigenvalue weighted by atomic mass is 10.1. The fourth-order valence-electron chi connectivity index (χ4n) is 4.41. The van der Waals surface area contributed by atoms with Crippen LogP contribution >= 0.6 is 23.5 Å². The zero-order valence-electron chi connectivity index (χ0n) is 21.6. The summed E-state index contributed by atoms with van der Waals surface area (Å²) in [5, 5.41) is 4.95. The molecule has 1 aromatic rings. The van der Waals surface area contributed by atoms with Crippen LogP contribution in [0.4, 0.5) is 0 Å². The van der Waals surface area contributed by atoms with Gasteiger partial charge in [-0.1, -0.05) is 44.0 Å². The van der Waals surface area contributed by atoms with Crippen molar-refractivity contribution in [2.24, 2.45) is 0 Å². The number of nitrogens with zero attached hydrogens (tertiary/aromatic N) is 2. The highest BCUT2D eigenvalue weighted by atomic mass is 32.2. The van der Waals surface area contributed by atoms with Crippen LogP contribution in [-0.4, -0.2) is 70.6 Å². The normalized spacial score (nSPS) is 23.9. The van der Waals surface area contributed by atoms with E-state index in [-0.39, 0.29) is 51.3 Å². The molecule has 4 atom stereocenters. The first-order valence-electron chi connectivity index (χ1n) is 12.8. The summed E-state index contributed by atoms with van der Waals surface area (Å²) in [6.07, 6.45) is 3.73. The maximum absolute atomic E-state index is 12.8. The second kappa shape index (κ2) is 13.4. The molecule has 0 radical (unpaired) electrons. The molecule has 2 fully saturated rings. The zero-order valence-corrected chi connectivity index (χ0v) is 23.3. The Bertz CT molecular complexity index is 942. The average molecular weight is 535 g/mol. The van der Waals surface area contributed by atoms with Crippen molar-refractivity contribution in [1.29, 1.82) is 0 Å². The van der Waals surface area contributed by atoms with Crippen molar-refractivity contribution in [2.45, 2.75) is 74.1 Å². The molecule has 2 heterocycles. The molecule has 198 valence electrons. The Morgan fingerprint density at radius 1 is 0.833 bits per heavy atom. The van der Waals surface area contributed by atoms with Crippen LogP contribution < -0.4 is 10.6 Å². The van der Waals surface area contributed by atoms with Gasteiger partial charge in [0.2, 0.25) is 23.6 Å². The Labute approximate surface area is 222 Å². The Morgan fingerprint density at radius 3 is 1.75 bits per heavy atom. The summed E-state index contributed by atoms with van der Waals surface area (Å²) in [4.78, 5) is 53.1. The number of thioether (sulfide) groups is 2. The topological polar surface area (TPSA) is 98.8 Å². The van der Waals surface area contributed by atoms with Crippen molar-refractivity contribution >= 4 is 47.2 Å². The van der Waals surface area contributed by atoms with Crippen LogP contribution in [0.2, 0.25) is 0 Å². The molecule has 2 saturated heterocycles. The summed E-state index contributed by atoms with van der Waals surface area (Å²) in [6.45, 7) is 7.38. The van der Waals surface area contributed by atoms with E-state index in [4.69, 9.17) is 0 Å². The standard InChI is InChI=1S/C26H38N4O4S2/c1-5-6-7-14-28-22(32)13-16-30-24(34)18(3)36-26(30)20-10-8-19(9-11-20)25-29(15-12-21(31)27-4)23(33)17(2)35-25/h8-11,17-18,25-26H,5-7,12-16H2,1-4H3,(H,27,31)(H,28,32). The molecule has 4 amide bonds. The second-order valence-electron chi connectivity index (χ2n) is 9.22. The molecule has 2 N–H and O–H groups in total. The molecule has 1 aromatic carbocycles. The molecule has 0 aliphatic carbocycles. The third-order valence-corrected chi connectivity index (χ3v) is 9.33. The SMILES string of the molecule is CCCCCNC(=O)CCN1C(=O)C(C)SC1c1ccc(C2SC(C)C(=O)N2CCC(=O)NC)cc1. The van der Waals surface area contributed by atoms with E-state index in [1.54, 1.807) is 35.5 Å². The van der Waals surface area contributed by atoms with Crippen molar-refractivity contribution in [1.82, 2.24) is 20.4 Å². The molecule has 10 heteroatoms. The van der Waals surface area contributed by atoms with Crippen molar-refractivity contribution in [2.75, 3.05) is 26.7 Å². The van der Waals surface area contributed by atoms with E-state index in [9.17, 15) is 19.2 Å². The van der Waals surface area contributed by atoms with Crippen molar-refractivity contribution < 1.29 is 19.2 Å². The average Bonchev–Trinajstić information content (AvgIpc) is 3.33. The molecule has 36 heavy (non-hydrogen) atoms. The van der Waals surface area contributed by atoms with Crippen LogP contribution in [0.15, 0.2) is 24.3 Å². The van der Waals surface area contributed by atoms with E-state index in [1.165, 1.54) is 0 Å². The molecule has 4 unspecified atom stereocenters. The van der Waals surface area contributed by atoms with E-state index in [0.717, 1.165) is 30.4 Å². The van der Waals surface area contributed by atoms with Gasteiger partial charge < -0.3 is 20.4 Å². The summed E-state index contributed by atoms with van der Waals surface area (Å²) in [6, 6.07) is 8.05. The quantitative estimate of drug-likeness (QED) is 0.399. The minimum atomic E-state index is -0.161. The first-order chi connectivity index (χ1) is 17.3. The lowest BCUT2D eigenvalue weighted by Crippen LogP contribution is -2.35. The van der Waals surface area contributed by atoms with Crippen molar-refractivity contribution in [3.05, 3.63) is 35.4 Å². The Balaban J connectivity index is 1.66. The predicted octanol–water partition coefficient (Wildman–Crippen LogP) is 3.44. The highest BCUT2D eigenvalue weighted by Gasteiger charge is 2.40. The number of carbonyl (C=O) groups is 4. The van der Waals surface area contributed by atoms with Gasteiger partial charge in [0.25, 0.3) is 0 Å². The van der Waals surface area contributed by atoms with E-state index in [2.05, 4.69) is 17.6 Å². The molecule has 3 rings (SSSR count). The van der Waals surface area contributed by atoms with Crippen LogP contribution in [0.25, 0.3) is 0 Å². The maximum atomic E-state index is 12.8. The molecule has 0 saturated carbocycles. The van der Waals surface area contributed by atoms with Gasteiger partial charge in [-0.2, -0.15) is 0 Å². The molecule has 8 nitrogen and oxygen atoms in total. The van der Waals surface area contributed by atoms with Gasteiger partial charge in [0.05, 0.1) is 10.5 Å². The Kier molecular flexibility index (Phi) is 10.5. The molecule has 2 aliphatic heterocycles. The lowest BCUT2D eigenvalue weighted by molar-refractivity contribution is -0.131. The number of unbranched alkanes of at least 4 members (excludes halogenated alkanes) is 2. The monoisotopic (exact) mass is 534 g/mol. The first kappa shape index (κ1) is 28.4. The third-order valence-electron chi connectivity index (χ3n) is 6.54. The number of benzene rings is 1. The maximum Gasteiger partial charge on any atom is 0.236 e. The highest BCUT2D eigenvalue weighted by Crippen LogP contribution is 2.45. The van der Waals surface area contributed by atoms with Gasteiger partial charge in [-0.25, -0.2) is 0 Å². The molecule has 0 bridgehead atoms. The number of hydrogen-bond acceptors (Lipinski definition) is 6. The fourth-order valence-corrected chi connectivity index (χ4v) is 7.02. The first-order valence-corrected chi connectivity index (χ1v) is 14.6. The number of carbonyl (C=O) groups excluding carboxylic acids is 4. The van der Waals surface area contributed by atoms with Crippen LogP contribution in [0, 0.1) is 0 Å². The Morgan fingerprint density at radius 2 is 1.31 bits per heavy atom. The van der Waals surface area contributed by atoms with E-state index in [1.807, 2.05) is 43.0 Å². The minimum Gasteiger partial charge on any atom is -0.359 e. The van der Waals surface area contributed by atoms with Gasteiger partial charge >= 0.3 is 0 Å². The van der Waals surface area contributed by atoms with Crippen LogP contribution in [-0.2, 0) is 19.2 Å². The van der Waals surface area contributed by atoms with E-state index < -0.39 is 0 Å². The van der Waals surface area contributed by atoms with Gasteiger partial charge in [0.1, 0.15) is 10.7 Å². The number of nitrogens with one attached hydrogen (secondary N) is 2. The summed E-state index contributed by atoms with van der Waals surface area (Å²) in [7, 11) is 1.59. The number of hydrogen-bond donors (Lipinski definition) is 2. The second-order valence-corrected chi connectivity index (χ2v) is 12.1. The zero-order chi connectivity index (χ0) is 26.2.